The van der Waals surface area contributed by atoms with Crippen LogP contribution < -0.4 is 16.3 Å². The average Bonchev–Trinajstić information content (AvgIpc) is 2.70. The summed E-state index contributed by atoms with van der Waals surface area (Å²) >= 11 is 0. The van der Waals surface area contributed by atoms with E-state index in [-0.39, 0.29) is 36.2 Å². The molecule has 0 aliphatic carbocycles. The predicted molar refractivity (Wildman–Crippen MR) is 121 cm³/mol. The van der Waals surface area contributed by atoms with Crippen LogP contribution in [-0.4, -0.2) is 29.4 Å². The van der Waals surface area contributed by atoms with Crippen molar-refractivity contribution < 1.29 is 23.6 Å². The number of aryl methyl sites for hydroxylation is 1. The van der Waals surface area contributed by atoms with Crippen LogP contribution in [0.3, 0.4) is 0 Å². The second kappa shape index (κ2) is 11.9. The molecule has 1 atom stereocenters. The minimum atomic E-state index is -0.721. The second-order valence-corrected chi connectivity index (χ2v) is 8.04. The number of amides is 2. The average molecular weight is 443 g/mol. The monoisotopic (exact) mass is 442 g/mol. The lowest BCUT2D eigenvalue weighted by atomic mass is 10.0. The lowest BCUT2D eigenvalue weighted by Gasteiger charge is -2.18. The number of anilines is 1. The van der Waals surface area contributed by atoms with Crippen LogP contribution in [-0.2, 0) is 19.2 Å². The van der Waals surface area contributed by atoms with Gasteiger partial charge in [0.15, 0.2) is 0 Å². The molecule has 8 heteroatoms. The van der Waals surface area contributed by atoms with E-state index in [1.165, 1.54) is 19.9 Å². The van der Waals surface area contributed by atoms with E-state index in [4.69, 9.17) is 4.42 Å². The first-order valence-corrected chi connectivity index (χ1v) is 10.8. The fraction of sp³-hybridized carbons (Fsp3) is 0.458. The molecule has 2 rings (SSSR count). The third-order valence-corrected chi connectivity index (χ3v) is 5.12. The number of Topliss-reactive ketones (excluding diaryl/α,β-unsaturated/α-hetero) is 2. The van der Waals surface area contributed by atoms with Gasteiger partial charge >= 0.3 is 5.63 Å². The summed E-state index contributed by atoms with van der Waals surface area (Å²) in [5.41, 5.74) is 1.15. The van der Waals surface area contributed by atoms with Gasteiger partial charge in [-0.05, 0) is 44.4 Å². The highest BCUT2D eigenvalue weighted by Gasteiger charge is 2.19. The highest BCUT2D eigenvalue weighted by atomic mass is 16.4. The quantitative estimate of drug-likeness (QED) is 0.383. The third-order valence-electron chi connectivity index (χ3n) is 5.12. The second-order valence-electron chi connectivity index (χ2n) is 8.04. The van der Waals surface area contributed by atoms with Crippen LogP contribution in [0.5, 0.6) is 0 Å². The minimum Gasteiger partial charge on any atom is -0.423 e. The van der Waals surface area contributed by atoms with Crippen molar-refractivity contribution in [3.05, 3.63) is 40.2 Å². The number of carbonyl (C=O) groups excluding carboxylic acids is 4. The molecule has 0 aliphatic heterocycles. The van der Waals surface area contributed by atoms with E-state index in [1.807, 2.05) is 0 Å². The molecule has 2 aromatic rings. The van der Waals surface area contributed by atoms with E-state index < -0.39 is 11.7 Å². The summed E-state index contributed by atoms with van der Waals surface area (Å²) in [6.45, 7) is 4.62. The van der Waals surface area contributed by atoms with Crippen molar-refractivity contribution in [2.24, 2.45) is 0 Å². The molecule has 0 radical (unpaired) electrons. The lowest BCUT2D eigenvalue weighted by Crippen LogP contribution is -2.42. The first-order chi connectivity index (χ1) is 15.2. The molecule has 2 amide bonds. The van der Waals surface area contributed by atoms with Crippen LogP contribution in [0, 0.1) is 6.92 Å². The summed E-state index contributed by atoms with van der Waals surface area (Å²) in [7, 11) is 0. The molecular formula is C24H30N2O6. The van der Waals surface area contributed by atoms with Crippen LogP contribution in [0.2, 0.25) is 0 Å². The van der Waals surface area contributed by atoms with Gasteiger partial charge in [0.2, 0.25) is 11.8 Å². The number of carbonyl (C=O) groups is 4. The third kappa shape index (κ3) is 8.09. The predicted octanol–water partition coefficient (Wildman–Crippen LogP) is 3.43. The molecule has 2 N–H and O–H groups in total. The van der Waals surface area contributed by atoms with Gasteiger partial charge in [0, 0.05) is 49.4 Å². The van der Waals surface area contributed by atoms with Crippen molar-refractivity contribution in [1.82, 2.24) is 5.32 Å². The number of hydrogen-bond donors (Lipinski definition) is 2. The van der Waals surface area contributed by atoms with Crippen molar-refractivity contribution in [3.63, 3.8) is 0 Å². The van der Waals surface area contributed by atoms with E-state index in [1.54, 1.807) is 25.1 Å². The van der Waals surface area contributed by atoms with Gasteiger partial charge in [-0.15, -0.1) is 0 Å². The minimum absolute atomic E-state index is 0.00574. The Bertz CT molecular complexity index is 1060. The molecule has 0 aliphatic rings. The first-order valence-electron chi connectivity index (χ1n) is 10.8. The Labute approximate surface area is 186 Å². The number of rotatable bonds is 12. The Morgan fingerprint density at radius 2 is 1.72 bits per heavy atom. The van der Waals surface area contributed by atoms with Crippen LogP contribution in [0.1, 0.15) is 64.4 Å². The molecule has 0 bridgehead atoms. The fourth-order valence-corrected chi connectivity index (χ4v) is 3.43. The number of ketones is 2. The molecule has 0 fully saturated rings. The number of unbranched alkanes of at least 4 members (excludes halogenated alkanes) is 2. The van der Waals surface area contributed by atoms with E-state index in [0.29, 0.717) is 37.0 Å². The fourth-order valence-electron chi connectivity index (χ4n) is 3.43. The molecule has 0 unspecified atom stereocenters. The Morgan fingerprint density at radius 1 is 0.969 bits per heavy atom. The Kier molecular flexibility index (Phi) is 9.31. The standard InChI is InChI=1S/C24H30N2O6/c1-15-13-23(30)32-22-14-18(10-12-20(15)22)26-24(31)21(25-17(3)28)8-6-4-5-7-19(29)11-9-16(2)27/h10,12-14,21H,4-9,11H2,1-3H3,(H,25,28)(H,26,31)/t21-/m0/s1. The summed E-state index contributed by atoms with van der Waals surface area (Å²) in [6, 6.07) is 5.74. The number of nitrogens with one attached hydrogen (secondary N) is 2. The highest BCUT2D eigenvalue weighted by Crippen LogP contribution is 2.21. The first kappa shape index (κ1) is 25.0. The van der Waals surface area contributed by atoms with Gasteiger partial charge in [-0.3, -0.25) is 14.4 Å². The number of fused-ring (bicyclic) bond motifs is 1. The van der Waals surface area contributed by atoms with E-state index >= 15 is 0 Å². The normalized spacial score (nSPS) is 11.7. The summed E-state index contributed by atoms with van der Waals surface area (Å²) < 4.78 is 5.21. The molecule has 0 saturated carbocycles. The largest absolute Gasteiger partial charge is 0.423 e. The molecule has 1 aromatic heterocycles. The van der Waals surface area contributed by atoms with Gasteiger partial charge in [-0.25, -0.2) is 4.79 Å². The van der Waals surface area contributed by atoms with Crippen molar-refractivity contribution in [2.75, 3.05) is 5.32 Å². The molecule has 0 saturated heterocycles. The Morgan fingerprint density at radius 3 is 2.41 bits per heavy atom. The van der Waals surface area contributed by atoms with E-state index in [2.05, 4.69) is 10.6 Å². The van der Waals surface area contributed by atoms with Gasteiger partial charge in [0.25, 0.3) is 0 Å². The SMILES string of the molecule is CC(=O)CCC(=O)CCCCC[C@H](NC(C)=O)C(=O)Nc1ccc2c(C)cc(=O)oc2c1. The summed E-state index contributed by atoms with van der Waals surface area (Å²) in [4.78, 5) is 58.6. The van der Waals surface area contributed by atoms with Gasteiger partial charge in [-0.1, -0.05) is 12.8 Å². The topological polar surface area (TPSA) is 123 Å². The zero-order valence-corrected chi connectivity index (χ0v) is 18.8. The molecule has 1 heterocycles. The van der Waals surface area contributed by atoms with Crippen molar-refractivity contribution in [2.45, 2.75) is 71.8 Å². The summed E-state index contributed by atoms with van der Waals surface area (Å²) in [5.74, 6) is -0.613. The molecule has 1 aromatic carbocycles. The maximum Gasteiger partial charge on any atom is 0.336 e. The van der Waals surface area contributed by atoms with Crippen LogP contribution in [0.4, 0.5) is 5.69 Å². The number of benzene rings is 1. The Balaban J connectivity index is 1.91. The van der Waals surface area contributed by atoms with Gasteiger partial charge in [-0.2, -0.15) is 0 Å². The lowest BCUT2D eigenvalue weighted by molar-refractivity contribution is -0.125. The van der Waals surface area contributed by atoms with E-state index in [0.717, 1.165) is 17.4 Å². The maximum absolute atomic E-state index is 12.7. The molecular weight excluding hydrogens is 412 g/mol. The summed E-state index contributed by atoms with van der Waals surface area (Å²) in [5, 5.41) is 6.20. The van der Waals surface area contributed by atoms with Crippen molar-refractivity contribution >= 4 is 40.0 Å². The van der Waals surface area contributed by atoms with Crippen molar-refractivity contribution in [3.8, 4) is 0 Å². The molecule has 8 nitrogen and oxygen atoms in total. The van der Waals surface area contributed by atoms with Crippen LogP contribution in [0.15, 0.2) is 33.5 Å². The molecule has 32 heavy (non-hydrogen) atoms. The Hall–Kier alpha value is -3.29. The van der Waals surface area contributed by atoms with Gasteiger partial charge in [0.05, 0.1) is 0 Å². The van der Waals surface area contributed by atoms with Crippen LogP contribution in [0.25, 0.3) is 11.0 Å². The summed E-state index contributed by atoms with van der Waals surface area (Å²) in [6.07, 6.45) is 3.45. The smallest absolute Gasteiger partial charge is 0.336 e. The highest BCUT2D eigenvalue weighted by molar-refractivity contribution is 5.98. The van der Waals surface area contributed by atoms with Gasteiger partial charge in [0.1, 0.15) is 23.2 Å². The maximum atomic E-state index is 12.7. The van der Waals surface area contributed by atoms with Crippen LogP contribution >= 0.6 is 0 Å². The molecule has 172 valence electrons. The number of hydrogen-bond acceptors (Lipinski definition) is 6. The zero-order chi connectivity index (χ0) is 23.7. The zero-order valence-electron chi connectivity index (χ0n) is 18.8. The van der Waals surface area contributed by atoms with Gasteiger partial charge < -0.3 is 19.8 Å². The van der Waals surface area contributed by atoms with E-state index in [9.17, 15) is 24.0 Å². The molecule has 0 spiro atoms. The van der Waals surface area contributed by atoms with Crippen molar-refractivity contribution in [1.29, 1.82) is 0 Å².